The first-order valence-electron chi connectivity index (χ1n) is 7.71. The van der Waals surface area contributed by atoms with Crippen molar-refractivity contribution in [2.24, 2.45) is 0 Å². The van der Waals surface area contributed by atoms with Gasteiger partial charge < -0.3 is 14.3 Å². The van der Waals surface area contributed by atoms with Gasteiger partial charge in [-0.25, -0.2) is 0 Å². The maximum absolute atomic E-state index is 9.76. The molecule has 2 atom stereocenters. The molecule has 0 spiro atoms. The largest absolute Gasteiger partial charge is 0.487 e. The normalized spacial score (nSPS) is 25.8. The van der Waals surface area contributed by atoms with E-state index in [4.69, 9.17) is 4.74 Å². The zero-order chi connectivity index (χ0) is 14.6. The minimum Gasteiger partial charge on any atom is -0.487 e. The SMILES string of the molecule is Cc1cccc(C)c1OCC[N+]1(C)CCCC(O)CC1.[Y]. The number of hydrogen-bond donors (Lipinski definition) is 1. The summed E-state index contributed by atoms with van der Waals surface area (Å²) in [4.78, 5) is 0. The van der Waals surface area contributed by atoms with Gasteiger partial charge in [-0.1, -0.05) is 18.2 Å². The molecule has 2 unspecified atom stereocenters. The number of likely N-dealkylation sites (tertiary alicyclic amines) is 1. The molecule has 0 bridgehead atoms. The van der Waals surface area contributed by atoms with Crippen LogP contribution < -0.4 is 4.74 Å². The van der Waals surface area contributed by atoms with E-state index in [1.54, 1.807) is 0 Å². The predicted molar refractivity (Wildman–Crippen MR) is 82.1 cm³/mol. The fourth-order valence-electron chi connectivity index (χ4n) is 3.04. The van der Waals surface area contributed by atoms with Crippen LogP contribution in [0, 0.1) is 13.8 Å². The van der Waals surface area contributed by atoms with Crippen molar-refractivity contribution in [3.8, 4) is 5.75 Å². The molecule has 1 heterocycles. The van der Waals surface area contributed by atoms with Crippen LogP contribution in [0.1, 0.15) is 30.4 Å². The predicted octanol–water partition coefficient (Wildman–Crippen LogP) is 2.67. The average Bonchev–Trinajstić information content (AvgIpc) is 2.56. The van der Waals surface area contributed by atoms with Gasteiger partial charge >= 0.3 is 0 Å². The van der Waals surface area contributed by atoms with Crippen LogP contribution in [0.4, 0.5) is 0 Å². The number of ether oxygens (including phenoxy) is 1. The first-order valence-corrected chi connectivity index (χ1v) is 7.71. The van der Waals surface area contributed by atoms with Gasteiger partial charge in [0.05, 0.1) is 26.2 Å². The molecule has 0 aliphatic carbocycles. The molecular weight excluding hydrogens is 339 g/mol. The Bertz CT molecular complexity index is 432. The summed E-state index contributed by atoms with van der Waals surface area (Å²) in [7, 11) is 2.28. The van der Waals surface area contributed by atoms with Crippen molar-refractivity contribution in [1.82, 2.24) is 0 Å². The number of aliphatic hydroxyl groups excluding tert-OH is 1. The van der Waals surface area contributed by atoms with Crippen LogP contribution in [0.25, 0.3) is 0 Å². The second-order valence-corrected chi connectivity index (χ2v) is 6.44. The minimum atomic E-state index is -0.102. The molecule has 1 radical (unpaired) electrons. The van der Waals surface area contributed by atoms with Gasteiger partial charge in [-0.15, -0.1) is 0 Å². The van der Waals surface area contributed by atoms with Gasteiger partial charge in [-0.3, -0.25) is 0 Å². The van der Waals surface area contributed by atoms with Crippen molar-refractivity contribution in [1.29, 1.82) is 0 Å². The molecule has 1 saturated heterocycles. The third-order valence-corrected chi connectivity index (χ3v) is 4.52. The van der Waals surface area contributed by atoms with E-state index in [1.807, 2.05) is 0 Å². The Kier molecular flexibility index (Phi) is 7.83. The van der Waals surface area contributed by atoms with Gasteiger partial charge in [0.25, 0.3) is 0 Å². The van der Waals surface area contributed by atoms with E-state index < -0.39 is 0 Å². The zero-order valence-corrected chi connectivity index (χ0v) is 16.5. The summed E-state index contributed by atoms with van der Waals surface area (Å²) in [5, 5.41) is 9.76. The van der Waals surface area contributed by atoms with E-state index >= 15 is 0 Å². The number of hydrogen-bond acceptors (Lipinski definition) is 2. The molecule has 1 fully saturated rings. The van der Waals surface area contributed by atoms with Crippen LogP contribution in [0.2, 0.25) is 0 Å². The average molecular weight is 367 g/mol. The van der Waals surface area contributed by atoms with Crippen LogP contribution in [-0.2, 0) is 32.7 Å². The first-order chi connectivity index (χ1) is 9.50. The Morgan fingerprint density at radius 3 is 2.52 bits per heavy atom. The Balaban J connectivity index is 0.00000220. The molecular formula is C17H28NO2Y+. The van der Waals surface area contributed by atoms with E-state index in [9.17, 15) is 5.11 Å². The monoisotopic (exact) mass is 367 g/mol. The van der Waals surface area contributed by atoms with E-state index in [2.05, 4.69) is 39.1 Å². The molecule has 21 heavy (non-hydrogen) atoms. The number of likely N-dealkylation sites (N-methyl/N-ethyl adjacent to an activating group) is 1. The number of aliphatic hydroxyl groups is 1. The number of aryl methyl sites for hydroxylation is 2. The van der Waals surface area contributed by atoms with Crippen molar-refractivity contribution in [3.63, 3.8) is 0 Å². The van der Waals surface area contributed by atoms with Crippen LogP contribution in [-0.4, -0.2) is 49.0 Å². The van der Waals surface area contributed by atoms with E-state index in [0.29, 0.717) is 0 Å². The first kappa shape index (κ1) is 19.1. The molecule has 0 amide bonds. The Hall–Kier alpha value is 0.0439. The third kappa shape index (κ3) is 5.63. The molecule has 1 aliphatic heterocycles. The fraction of sp³-hybridized carbons (Fsp3) is 0.647. The van der Waals surface area contributed by atoms with E-state index in [0.717, 1.165) is 55.7 Å². The summed E-state index contributed by atoms with van der Waals surface area (Å²) in [6, 6.07) is 6.27. The molecule has 1 aromatic rings. The number of quaternary nitrogens is 1. The Morgan fingerprint density at radius 1 is 1.19 bits per heavy atom. The van der Waals surface area contributed by atoms with Crippen molar-refractivity contribution in [2.45, 2.75) is 39.2 Å². The molecule has 3 nitrogen and oxygen atoms in total. The van der Waals surface area contributed by atoms with Crippen LogP contribution in [0.5, 0.6) is 5.75 Å². The summed E-state index contributed by atoms with van der Waals surface area (Å²) in [6.45, 7) is 8.16. The Labute approximate surface area is 154 Å². The van der Waals surface area contributed by atoms with Crippen LogP contribution in [0.15, 0.2) is 18.2 Å². The van der Waals surface area contributed by atoms with Crippen molar-refractivity contribution >= 4 is 0 Å². The van der Waals surface area contributed by atoms with Gasteiger partial charge in [-0.2, -0.15) is 0 Å². The summed E-state index contributed by atoms with van der Waals surface area (Å²) < 4.78 is 7.04. The van der Waals surface area contributed by atoms with Crippen LogP contribution in [0.3, 0.4) is 0 Å². The second kappa shape index (κ2) is 8.62. The van der Waals surface area contributed by atoms with Crippen LogP contribution >= 0.6 is 0 Å². The van der Waals surface area contributed by atoms with Crippen molar-refractivity contribution in [3.05, 3.63) is 29.3 Å². The number of nitrogens with zero attached hydrogens (tertiary/aromatic N) is 1. The number of para-hydroxylation sites is 1. The van der Waals surface area contributed by atoms with Crippen molar-refractivity contribution < 1.29 is 47.0 Å². The molecule has 115 valence electrons. The quantitative estimate of drug-likeness (QED) is 0.830. The number of rotatable bonds is 4. The van der Waals surface area contributed by atoms with E-state index in [1.165, 1.54) is 11.1 Å². The molecule has 1 aromatic carbocycles. The molecule has 1 aliphatic rings. The van der Waals surface area contributed by atoms with E-state index in [-0.39, 0.29) is 38.8 Å². The maximum atomic E-state index is 9.76. The molecule has 2 rings (SSSR count). The van der Waals surface area contributed by atoms with Gasteiger partial charge in [0.15, 0.2) is 0 Å². The molecule has 0 aromatic heterocycles. The van der Waals surface area contributed by atoms with Crippen molar-refractivity contribution in [2.75, 3.05) is 33.3 Å². The number of benzene rings is 1. The molecule has 4 heteroatoms. The fourth-order valence-corrected chi connectivity index (χ4v) is 3.04. The Morgan fingerprint density at radius 2 is 1.86 bits per heavy atom. The molecule has 1 N–H and O–H groups in total. The molecule has 0 saturated carbocycles. The maximum Gasteiger partial charge on any atom is 0.137 e. The third-order valence-electron chi connectivity index (χ3n) is 4.52. The zero-order valence-electron chi connectivity index (χ0n) is 13.6. The summed E-state index contributed by atoms with van der Waals surface area (Å²) in [5.74, 6) is 1.04. The second-order valence-electron chi connectivity index (χ2n) is 6.44. The standard InChI is InChI=1S/C17H28NO2.Y/c1-14-6-4-7-15(2)17(14)20-13-12-18(3)10-5-8-16(19)9-11-18;/h4,6-7,16,19H,5,8-13H2,1-3H3;/q+1;. The summed E-state index contributed by atoms with van der Waals surface area (Å²) in [5.41, 5.74) is 2.41. The topological polar surface area (TPSA) is 29.5 Å². The smallest absolute Gasteiger partial charge is 0.137 e. The van der Waals surface area contributed by atoms with Gasteiger partial charge in [-0.05, 0) is 37.8 Å². The van der Waals surface area contributed by atoms with Gasteiger partial charge in [0.2, 0.25) is 0 Å². The van der Waals surface area contributed by atoms with Gasteiger partial charge in [0.1, 0.15) is 18.9 Å². The summed E-state index contributed by atoms with van der Waals surface area (Å²) >= 11 is 0. The summed E-state index contributed by atoms with van der Waals surface area (Å²) in [6.07, 6.45) is 2.88. The van der Waals surface area contributed by atoms with Gasteiger partial charge in [0, 0.05) is 39.1 Å². The minimum absolute atomic E-state index is 0.